The van der Waals surface area contributed by atoms with Crippen molar-refractivity contribution in [1.82, 2.24) is 0 Å². The predicted octanol–water partition coefficient (Wildman–Crippen LogP) is 2.86. The zero-order valence-electron chi connectivity index (χ0n) is 12.5. The zero-order valence-corrected chi connectivity index (χ0v) is 12.5. The molecule has 0 bridgehead atoms. The van der Waals surface area contributed by atoms with Gasteiger partial charge in [-0.05, 0) is 48.6 Å². The Hall–Kier alpha value is -1.55. The number of nitrogens with one attached hydrogen (secondary N) is 1. The Morgan fingerprint density at radius 2 is 2.10 bits per heavy atom. The minimum Gasteiger partial charge on any atom is -0.493 e. The van der Waals surface area contributed by atoms with Crippen molar-refractivity contribution in [3.05, 3.63) is 23.8 Å². The SMILES string of the molecule is NCC1(CC(=O)Nc2ccc3c(c2)CCO3)CCCCC1. The molecule has 4 heteroatoms. The molecule has 1 saturated carbocycles. The van der Waals surface area contributed by atoms with Crippen molar-refractivity contribution in [2.75, 3.05) is 18.5 Å². The minimum atomic E-state index is 0.0160. The molecular weight excluding hydrogens is 264 g/mol. The largest absolute Gasteiger partial charge is 0.493 e. The second kappa shape index (κ2) is 6.06. The van der Waals surface area contributed by atoms with E-state index in [1.165, 1.54) is 24.8 Å². The number of ether oxygens (including phenoxy) is 1. The smallest absolute Gasteiger partial charge is 0.224 e. The van der Waals surface area contributed by atoms with E-state index in [2.05, 4.69) is 5.32 Å². The Balaban J connectivity index is 1.63. The predicted molar refractivity (Wildman–Crippen MR) is 83.5 cm³/mol. The Morgan fingerprint density at radius 1 is 1.29 bits per heavy atom. The lowest BCUT2D eigenvalue weighted by molar-refractivity contribution is -0.118. The van der Waals surface area contributed by atoms with Gasteiger partial charge in [-0.2, -0.15) is 0 Å². The summed E-state index contributed by atoms with van der Waals surface area (Å²) < 4.78 is 5.48. The third-order valence-corrected chi connectivity index (χ3v) is 4.86. The molecule has 0 unspecified atom stereocenters. The molecule has 21 heavy (non-hydrogen) atoms. The number of amides is 1. The van der Waals surface area contributed by atoms with E-state index in [0.29, 0.717) is 13.0 Å². The molecule has 0 saturated heterocycles. The number of hydrogen-bond donors (Lipinski definition) is 2. The van der Waals surface area contributed by atoms with Crippen molar-refractivity contribution < 1.29 is 9.53 Å². The van der Waals surface area contributed by atoms with Crippen LogP contribution in [0.2, 0.25) is 0 Å². The second-order valence-corrected chi connectivity index (χ2v) is 6.41. The van der Waals surface area contributed by atoms with Crippen LogP contribution in [0.25, 0.3) is 0 Å². The Labute approximate surface area is 126 Å². The molecule has 1 fully saturated rings. The van der Waals surface area contributed by atoms with Crippen molar-refractivity contribution in [2.24, 2.45) is 11.1 Å². The standard InChI is InChI=1S/C17H24N2O2/c18-12-17(7-2-1-3-8-17)11-16(20)19-14-4-5-15-13(10-14)6-9-21-15/h4-5,10H,1-3,6-9,11-12,18H2,(H,19,20). The summed E-state index contributed by atoms with van der Waals surface area (Å²) in [5.74, 6) is 1.03. The average Bonchev–Trinajstić information content (AvgIpc) is 2.95. The van der Waals surface area contributed by atoms with Gasteiger partial charge >= 0.3 is 0 Å². The topological polar surface area (TPSA) is 64.4 Å². The lowest BCUT2D eigenvalue weighted by atomic mass is 9.71. The van der Waals surface area contributed by atoms with Crippen LogP contribution in [-0.2, 0) is 11.2 Å². The van der Waals surface area contributed by atoms with Gasteiger partial charge < -0.3 is 15.8 Å². The molecule has 0 spiro atoms. The highest BCUT2D eigenvalue weighted by atomic mass is 16.5. The molecule has 4 nitrogen and oxygen atoms in total. The van der Waals surface area contributed by atoms with Gasteiger partial charge in [0.2, 0.25) is 5.91 Å². The van der Waals surface area contributed by atoms with Crippen molar-refractivity contribution >= 4 is 11.6 Å². The average molecular weight is 288 g/mol. The summed E-state index contributed by atoms with van der Waals surface area (Å²) in [6.07, 6.45) is 7.28. The van der Waals surface area contributed by atoms with Crippen LogP contribution in [-0.4, -0.2) is 19.1 Å². The van der Waals surface area contributed by atoms with E-state index in [1.54, 1.807) is 0 Å². The van der Waals surface area contributed by atoms with Crippen LogP contribution in [0, 0.1) is 5.41 Å². The highest BCUT2D eigenvalue weighted by molar-refractivity contribution is 5.91. The number of carbonyl (C=O) groups is 1. The van der Waals surface area contributed by atoms with Gasteiger partial charge in [0.15, 0.2) is 0 Å². The summed E-state index contributed by atoms with van der Waals surface area (Å²) in [7, 11) is 0. The number of hydrogen-bond acceptors (Lipinski definition) is 3. The third kappa shape index (κ3) is 3.21. The fourth-order valence-corrected chi connectivity index (χ4v) is 3.56. The summed E-state index contributed by atoms with van der Waals surface area (Å²) in [5, 5.41) is 3.03. The van der Waals surface area contributed by atoms with E-state index >= 15 is 0 Å². The van der Waals surface area contributed by atoms with E-state index in [1.807, 2.05) is 18.2 Å². The lowest BCUT2D eigenvalue weighted by Gasteiger charge is -2.35. The van der Waals surface area contributed by atoms with Gasteiger partial charge in [0.25, 0.3) is 0 Å². The molecular formula is C17H24N2O2. The van der Waals surface area contributed by atoms with Crippen molar-refractivity contribution in [1.29, 1.82) is 0 Å². The molecule has 1 aliphatic carbocycles. The fraction of sp³-hybridized carbons (Fsp3) is 0.588. The Morgan fingerprint density at radius 3 is 2.86 bits per heavy atom. The molecule has 1 heterocycles. The molecule has 0 radical (unpaired) electrons. The van der Waals surface area contributed by atoms with Gasteiger partial charge in [-0.15, -0.1) is 0 Å². The molecule has 2 aliphatic rings. The fourth-order valence-electron chi connectivity index (χ4n) is 3.56. The third-order valence-electron chi connectivity index (χ3n) is 4.86. The summed E-state index contributed by atoms with van der Waals surface area (Å²) in [4.78, 5) is 12.3. The van der Waals surface area contributed by atoms with Crippen molar-refractivity contribution in [2.45, 2.75) is 44.9 Å². The van der Waals surface area contributed by atoms with Crippen LogP contribution < -0.4 is 15.8 Å². The first-order chi connectivity index (χ1) is 10.2. The molecule has 3 rings (SSSR count). The summed E-state index contributed by atoms with van der Waals surface area (Å²) in [6, 6.07) is 5.88. The van der Waals surface area contributed by atoms with E-state index in [-0.39, 0.29) is 11.3 Å². The first-order valence-electron chi connectivity index (χ1n) is 7.96. The highest BCUT2D eigenvalue weighted by Gasteiger charge is 2.33. The van der Waals surface area contributed by atoms with Gasteiger partial charge in [0, 0.05) is 18.5 Å². The van der Waals surface area contributed by atoms with Crippen LogP contribution in [0.5, 0.6) is 5.75 Å². The van der Waals surface area contributed by atoms with Crippen molar-refractivity contribution in [3.63, 3.8) is 0 Å². The second-order valence-electron chi connectivity index (χ2n) is 6.41. The number of fused-ring (bicyclic) bond motifs is 1. The van der Waals surface area contributed by atoms with Crippen molar-refractivity contribution in [3.8, 4) is 5.75 Å². The first kappa shape index (κ1) is 14.4. The molecule has 3 N–H and O–H groups in total. The molecule has 1 aliphatic heterocycles. The number of anilines is 1. The Kier molecular flexibility index (Phi) is 4.15. The maximum absolute atomic E-state index is 12.3. The van der Waals surface area contributed by atoms with Crippen LogP contribution in [0.15, 0.2) is 18.2 Å². The summed E-state index contributed by atoms with van der Waals surface area (Å²) >= 11 is 0. The first-order valence-corrected chi connectivity index (χ1v) is 7.96. The normalized spacial score (nSPS) is 19.7. The van der Waals surface area contributed by atoms with Crippen LogP contribution in [0.3, 0.4) is 0 Å². The highest BCUT2D eigenvalue weighted by Crippen LogP contribution is 2.38. The molecule has 0 atom stereocenters. The molecule has 1 amide bonds. The number of benzene rings is 1. The quantitative estimate of drug-likeness (QED) is 0.895. The van der Waals surface area contributed by atoms with E-state index in [4.69, 9.17) is 10.5 Å². The maximum Gasteiger partial charge on any atom is 0.224 e. The monoisotopic (exact) mass is 288 g/mol. The number of carbonyl (C=O) groups excluding carboxylic acids is 1. The van der Waals surface area contributed by atoms with E-state index < -0.39 is 0 Å². The molecule has 0 aromatic heterocycles. The van der Waals surface area contributed by atoms with Gasteiger partial charge in [0.05, 0.1) is 6.61 Å². The van der Waals surface area contributed by atoms with Gasteiger partial charge in [0.1, 0.15) is 5.75 Å². The maximum atomic E-state index is 12.3. The number of rotatable bonds is 4. The van der Waals surface area contributed by atoms with Gasteiger partial charge in [-0.1, -0.05) is 19.3 Å². The molecule has 114 valence electrons. The molecule has 1 aromatic carbocycles. The minimum absolute atomic E-state index is 0.0160. The Bertz CT molecular complexity index is 522. The van der Waals surface area contributed by atoms with Gasteiger partial charge in [-0.25, -0.2) is 0 Å². The van der Waals surface area contributed by atoms with E-state index in [9.17, 15) is 4.79 Å². The summed E-state index contributed by atoms with van der Waals surface area (Å²) in [6.45, 7) is 1.35. The summed E-state index contributed by atoms with van der Waals surface area (Å²) in [5.41, 5.74) is 8.02. The van der Waals surface area contributed by atoms with Crippen LogP contribution in [0.4, 0.5) is 5.69 Å². The van der Waals surface area contributed by atoms with Crippen LogP contribution >= 0.6 is 0 Å². The number of nitrogens with two attached hydrogens (primary N) is 1. The lowest BCUT2D eigenvalue weighted by Crippen LogP contribution is -2.36. The van der Waals surface area contributed by atoms with Crippen LogP contribution in [0.1, 0.15) is 44.1 Å². The zero-order chi connectivity index (χ0) is 14.7. The van der Waals surface area contributed by atoms with E-state index in [0.717, 1.165) is 37.3 Å². The van der Waals surface area contributed by atoms with Gasteiger partial charge in [-0.3, -0.25) is 4.79 Å². The molecule has 1 aromatic rings.